The van der Waals surface area contributed by atoms with Crippen LogP contribution in [0.2, 0.25) is 0 Å². The molecule has 246 valence electrons. The van der Waals surface area contributed by atoms with Gasteiger partial charge in [-0.2, -0.15) is 0 Å². The van der Waals surface area contributed by atoms with Gasteiger partial charge in [0, 0.05) is 49.4 Å². The van der Waals surface area contributed by atoms with Crippen LogP contribution in [0, 0.1) is 19.8 Å². The molecule has 5 rings (SSSR count). The lowest BCUT2D eigenvalue weighted by Crippen LogP contribution is -2.51. The summed E-state index contributed by atoms with van der Waals surface area (Å²) in [6, 6.07) is 17.8. The summed E-state index contributed by atoms with van der Waals surface area (Å²) in [5.41, 5.74) is 4.60. The quantitative estimate of drug-likeness (QED) is 0.243. The number of nitrogens with zero attached hydrogens (tertiary/aromatic N) is 3. The average molecular weight is 630 g/mol. The number of methoxy groups -OCH3 is 2. The first kappa shape index (κ1) is 33.1. The van der Waals surface area contributed by atoms with Gasteiger partial charge < -0.3 is 28.7 Å². The van der Waals surface area contributed by atoms with Crippen molar-refractivity contribution in [3.05, 3.63) is 82.5 Å². The lowest BCUT2D eigenvalue weighted by molar-refractivity contribution is -0.139. The average Bonchev–Trinajstić information content (AvgIpc) is 3.88. The first-order chi connectivity index (χ1) is 22.0. The second-order valence-electron chi connectivity index (χ2n) is 13.4. The van der Waals surface area contributed by atoms with Crippen LogP contribution >= 0.6 is 0 Å². The number of amides is 2. The number of aromatic nitrogens is 1. The Morgan fingerprint density at radius 3 is 2.30 bits per heavy atom. The topological polar surface area (TPSA) is 90.4 Å². The van der Waals surface area contributed by atoms with Gasteiger partial charge >= 0.3 is 6.09 Å². The number of hydrogen-bond acceptors (Lipinski definition) is 7. The zero-order valence-electron chi connectivity index (χ0n) is 28.2. The molecule has 2 heterocycles. The van der Waals surface area contributed by atoms with Gasteiger partial charge in [-0.15, -0.1) is 0 Å². The summed E-state index contributed by atoms with van der Waals surface area (Å²) in [4.78, 5) is 36.4. The zero-order valence-corrected chi connectivity index (χ0v) is 28.2. The molecule has 9 nitrogen and oxygen atoms in total. The van der Waals surface area contributed by atoms with E-state index in [9.17, 15) is 9.59 Å². The number of hydrogen-bond donors (Lipinski definition) is 0. The van der Waals surface area contributed by atoms with Crippen molar-refractivity contribution in [2.75, 3.05) is 27.3 Å². The molecule has 3 aromatic rings. The Bertz CT molecular complexity index is 1520. The van der Waals surface area contributed by atoms with Gasteiger partial charge in [0.05, 0.1) is 20.1 Å². The van der Waals surface area contributed by atoms with E-state index in [1.165, 1.54) is 11.1 Å². The van der Waals surface area contributed by atoms with Crippen molar-refractivity contribution < 1.29 is 28.5 Å². The minimum Gasteiger partial charge on any atom is -0.497 e. The predicted octanol–water partition coefficient (Wildman–Crippen LogP) is 6.83. The fourth-order valence-corrected chi connectivity index (χ4v) is 6.03. The Hall–Kier alpha value is -4.27. The van der Waals surface area contributed by atoms with E-state index in [0.29, 0.717) is 36.9 Å². The summed E-state index contributed by atoms with van der Waals surface area (Å²) in [7, 11) is 3.23. The maximum absolute atomic E-state index is 14.6. The van der Waals surface area contributed by atoms with Crippen LogP contribution < -0.4 is 14.2 Å². The van der Waals surface area contributed by atoms with Crippen molar-refractivity contribution in [3.8, 4) is 17.4 Å². The van der Waals surface area contributed by atoms with E-state index < -0.39 is 17.6 Å². The van der Waals surface area contributed by atoms with E-state index in [4.69, 9.17) is 23.9 Å². The largest absolute Gasteiger partial charge is 0.497 e. The number of benzene rings is 2. The maximum Gasteiger partial charge on any atom is 0.410 e. The second-order valence-corrected chi connectivity index (χ2v) is 13.4. The standard InChI is InChI=1S/C37H47N3O6/c1-24-10-8-11-27(25(24)2)21-40(28-14-15-28)35(41)32-22-39(36(42)46-37(3,4)5)17-16-31(32)33-12-9-13-34(38-33)45-23-26-18-29(43-6)20-30(19-26)44-7/h8-13,18-20,28,31-32H,14-17,21-23H2,1-7H3/t31-,32-/m0/s1. The van der Waals surface area contributed by atoms with Gasteiger partial charge in [-0.05, 0) is 94.3 Å². The summed E-state index contributed by atoms with van der Waals surface area (Å²) in [6.07, 6.45) is 2.16. The van der Waals surface area contributed by atoms with Crippen LogP contribution in [-0.2, 0) is 22.7 Å². The minimum absolute atomic E-state index is 0.0539. The van der Waals surface area contributed by atoms with Crippen LogP contribution in [0.25, 0.3) is 0 Å². The summed E-state index contributed by atoms with van der Waals surface area (Å²) in [6.45, 7) is 11.4. The van der Waals surface area contributed by atoms with E-state index in [1.54, 1.807) is 19.1 Å². The molecule has 0 N–H and O–H groups in total. The van der Waals surface area contributed by atoms with Gasteiger partial charge in [0.2, 0.25) is 11.8 Å². The van der Waals surface area contributed by atoms with Crippen LogP contribution in [0.3, 0.4) is 0 Å². The summed E-state index contributed by atoms with van der Waals surface area (Å²) < 4.78 is 22.7. The second kappa shape index (κ2) is 14.0. The van der Waals surface area contributed by atoms with Crippen LogP contribution in [0.5, 0.6) is 17.4 Å². The third-order valence-corrected chi connectivity index (χ3v) is 8.83. The van der Waals surface area contributed by atoms with Crippen LogP contribution in [0.1, 0.15) is 73.9 Å². The zero-order chi connectivity index (χ0) is 33.0. The molecular weight excluding hydrogens is 582 g/mol. The highest BCUT2D eigenvalue weighted by atomic mass is 16.6. The molecule has 9 heteroatoms. The monoisotopic (exact) mass is 629 g/mol. The molecule has 2 aliphatic rings. The molecule has 0 bridgehead atoms. The van der Waals surface area contributed by atoms with Gasteiger partial charge in [0.1, 0.15) is 23.7 Å². The molecule has 1 aliphatic carbocycles. The van der Waals surface area contributed by atoms with Crippen molar-refractivity contribution in [2.45, 2.75) is 84.6 Å². The normalized spacial score (nSPS) is 18.1. The molecule has 2 fully saturated rings. The van der Waals surface area contributed by atoms with E-state index in [-0.39, 0.29) is 31.0 Å². The lowest BCUT2D eigenvalue weighted by atomic mass is 9.81. The SMILES string of the molecule is COc1cc(COc2cccc([C@H]3CCN(C(=O)OC(C)(C)C)C[C@@H]3C(=O)N(Cc3cccc(C)c3C)C3CC3)n2)cc(OC)c1. The number of carbonyl (C=O) groups is 2. The molecule has 2 atom stereocenters. The fourth-order valence-electron chi connectivity index (χ4n) is 6.03. The Labute approximate surface area is 272 Å². The van der Waals surface area contributed by atoms with Crippen molar-refractivity contribution in [1.29, 1.82) is 0 Å². The molecule has 0 unspecified atom stereocenters. The Morgan fingerprint density at radius 2 is 1.65 bits per heavy atom. The van der Waals surface area contributed by atoms with Crippen molar-refractivity contribution >= 4 is 12.0 Å². The highest BCUT2D eigenvalue weighted by Crippen LogP contribution is 2.38. The van der Waals surface area contributed by atoms with Crippen molar-refractivity contribution in [1.82, 2.24) is 14.8 Å². The van der Waals surface area contributed by atoms with E-state index in [2.05, 4.69) is 32.0 Å². The molecule has 0 radical (unpaired) electrons. The molecule has 46 heavy (non-hydrogen) atoms. The molecular formula is C37H47N3O6. The Kier molecular flexibility index (Phi) is 10.1. The molecule has 2 aromatic carbocycles. The summed E-state index contributed by atoms with van der Waals surface area (Å²) in [5.74, 6) is 1.22. The van der Waals surface area contributed by atoms with Gasteiger partial charge in [-0.25, -0.2) is 9.78 Å². The maximum atomic E-state index is 14.6. The number of aryl methyl sites for hydroxylation is 1. The smallest absolute Gasteiger partial charge is 0.410 e. The third kappa shape index (κ3) is 8.11. The summed E-state index contributed by atoms with van der Waals surface area (Å²) >= 11 is 0. The molecule has 1 aliphatic heterocycles. The predicted molar refractivity (Wildman–Crippen MR) is 176 cm³/mol. The van der Waals surface area contributed by atoms with E-state index in [1.807, 2.05) is 62.1 Å². The van der Waals surface area contributed by atoms with Crippen molar-refractivity contribution in [2.24, 2.45) is 5.92 Å². The molecule has 2 amide bonds. The van der Waals surface area contributed by atoms with Crippen LogP contribution in [-0.4, -0.2) is 65.7 Å². The van der Waals surface area contributed by atoms with Crippen LogP contribution in [0.15, 0.2) is 54.6 Å². The number of piperidine rings is 1. The Morgan fingerprint density at radius 1 is 0.957 bits per heavy atom. The van der Waals surface area contributed by atoms with E-state index >= 15 is 0 Å². The lowest BCUT2D eigenvalue weighted by Gasteiger charge is -2.40. The third-order valence-electron chi connectivity index (χ3n) is 8.83. The Balaban J connectivity index is 1.41. The number of rotatable bonds is 10. The van der Waals surface area contributed by atoms with Crippen LogP contribution in [0.4, 0.5) is 4.79 Å². The van der Waals surface area contributed by atoms with Gasteiger partial charge in [0.15, 0.2) is 0 Å². The highest BCUT2D eigenvalue weighted by molar-refractivity contribution is 5.82. The summed E-state index contributed by atoms with van der Waals surface area (Å²) in [5, 5.41) is 0. The first-order valence-electron chi connectivity index (χ1n) is 16.1. The number of pyridine rings is 1. The minimum atomic E-state index is -0.629. The van der Waals surface area contributed by atoms with Gasteiger partial charge in [-0.3, -0.25) is 4.79 Å². The fraction of sp³-hybridized carbons (Fsp3) is 0.486. The molecule has 0 spiro atoms. The molecule has 1 saturated carbocycles. The van der Waals surface area contributed by atoms with Gasteiger partial charge in [-0.1, -0.05) is 24.3 Å². The number of ether oxygens (including phenoxy) is 4. The van der Waals surface area contributed by atoms with E-state index in [0.717, 1.165) is 29.7 Å². The highest BCUT2D eigenvalue weighted by Gasteiger charge is 2.44. The van der Waals surface area contributed by atoms with Gasteiger partial charge in [0.25, 0.3) is 0 Å². The first-order valence-corrected chi connectivity index (χ1v) is 16.1. The van der Waals surface area contributed by atoms with Crippen molar-refractivity contribution in [3.63, 3.8) is 0 Å². The molecule has 1 aromatic heterocycles. The number of likely N-dealkylation sites (tertiary alicyclic amines) is 1. The number of carbonyl (C=O) groups excluding carboxylic acids is 2. The molecule has 1 saturated heterocycles.